The van der Waals surface area contributed by atoms with E-state index in [0.29, 0.717) is 0 Å². The molecule has 8 aromatic rings. The molecule has 3 heterocycles. The Hall–Kier alpha value is -6.00. The molecular formula is C43H30BN3. The zero-order chi connectivity index (χ0) is 31.1. The van der Waals surface area contributed by atoms with E-state index in [-0.39, 0.29) is 6.71 Å². The fourth-order valence-corrected chi connectivity index (χ4v) is 8.24. The van der Waals surface area contributed by atoms with E-state index < -0.39 is 0 Å². The summed E-state index contributed by atoms with van der Waals surface area (Å²) < 4.78 is 2.44. The van der Waals surface area contributed by atoms with Gasteiger partial charge in [0.15, 0.2) is 0 Å². The number of rotatable bonds is 3. The van der Waals surface area contributed by atoms with Gasteiger partial charge in [-0.05, 0) is 90.0 Å². The number of hydrogen-bond donors (Lipinski definition) is 0. The van der Waals surface area contributed by atoms with Crippen molar-refractivity contribution in [1.29, 1.82) is 0 Å². The van der Waals surface area contributed by atoms with Gasteiger partial charge in [-0.25, -0.2) is 0 Å². The molecule has 2 aliphatic rings. The SMILES string of the molecule is Cc1cc(-n2c3ccccc3c3ccccc32)cc2c1B1c3ccccc3N(c3ccccc3)c3cccc(c31)N2c1ccccc1. The summed E-state index contributed by atoms with van der Waals surface area (Å²) >= 11 is 0. The molecule has 0 radical (unpaired) electrons. The maximum Gasteiger partial charge on any atom is 0.252 e. The van der Waals surface area contributed by atoms with Crippen molar-refractivity contribution in [2.75, 3.05) is 9.80 Å². The average Bonchev–Trinajstić information content (AvgIpc) is 3.46. The zero-order valence-electron chi connectivity index (χ0n) is 26.0. The number of aromatic nitrogens is 1. The van der Waals surface area contributed by atoms with E-state index in [9.17, 15) is 0 Å². The minimum absolute atomic E-state index is 0.0968. The standard InChI is InChI=1S/C43H30BN3/c1-29-27-32(47-36-22-11-8-19-33(36)34-20-9-12-23-37(34)47)28-41-42(29)44-35-21-10-13-24-38(35)45(30-15-4-2-5-16-30)39-25-14-26-40(43(39)44)46(41)31-17-6-3-7-18-31/h2-28H,1H3. The van der Waals surface area contributed by atoms with Crippen LogP contribution in [0.5, 0.6) is 0 Å². The Morgan fingerprint density at radius 3 is 1.55 bits per heavy atom. The molecule has 0 unspecified atom stereocenters. The number of aryl methyl sites for hydroxylation is 1. The van der Waals surface area contributed by atoms with Crippen LogP contribution in [-0.4, -0.2) is 11.3 Å². The van der Waals surface area contributed by atoms with Crippen LogP contribution in [0, 0.1) is 6.92 Å². The van der Waals surface area contributed by atoms with Gasteiger partial charge in [-0.2, -0.15) is 0 Å². The third kappa shape index (κ3) is 3.70. The van der Waals surface area contributed by atoms with Gasteiger partial charge in [0.1, 0.15) is 0 Å². The van der Waals surface area contributed by atoms with Crippen LogP contribution in [0.2, 0.25) is 0 Å². The molecule has 0 bridgehead atoms. The lowest BCUT2D eigenvalue weighted by molar-refractivity contribution is 1.16. The summed E-state index contributed by atoms with van der Waals surface area (Å²) in [5.74, 6) is 0. The summed E-state index contributed by atoms with van der Waals surface area (Å²) in [6, 6.07) is 59.8. The summed E-state index contributed by atoms with van der Waals surface area (Å²) in [5.41, 5.74) is 16.2. The molecule has 3 nitrogen and oxygen atoms in total. The smallest absolute Gasteiger partial charge is 0.252 e. The van der Waals surface area contributed by atoms with Crippen LogP contribution >= 0.6 is 0 Å². The minimum Gasteiger partial charge on any atom is -0.311 e. The summed E-state index contributed by atoms with van der Waals surface area (Å²) in [6.07, 6.45) is 0. The maximum atomic E-state index is 2.49. The van der Waals surface area contributed by atoms with E-state index in [1.165, 1.54) is 77.9 Å². The molecule has 2 aliphatic heterocycles. The Morgan fingerprint density at radius 2 is 0.915 bits per heavy atom. The van der Waals surface area contributed by atoms with Crippen LogP contribution in [-0.2, 0) is 0 Å². The average molecular weight is 600 g/mol. The molecule has 7 aromatic carbocycles. The summed E-state index contributed by atoms with van der Waals surface area (Å²) in [7, 11) is 0. The highest BCUT2D eigenvalue weighted by Gasteiger charge is 2.43. The number of anilines is 6. The second-order valence-electron chi connectivity index (χ2n) is 12.6. The van der Waals surface area contributed by atoms with Crippen LogP contribution in [0.25, 0.3) is 27.5 Å². The van der Waals surface area contributed by atoms with Crippen LogP contribution in [0.1, 0.15) is 5.56 Å². The van der Waals surface area contributed by atoms with E-state index in [1.54, 1.807) is 0 Å². The Balaban J connectivity index is 1.30. The summed E-state index contributed by atoms with van der Waals surface area (Å²) in [6.45, 7) is 2.40. The van der Waals surface area contributed by atoms with E-state index in [1.807, 2.05) is 0 Å². The van der Waals surface area contributed by atoms with Gasteiger partial charge < -0.3 is 14.4 Å². The van der Waals surface area contributed by atoms with Crippen molar-refractivity contribution in [2.45, 2.75) is 6.92 Å². The maximum absolute atomic E-state index is 2.49. The Labute approximate surface area is 274 Å². The Morgan fingerprint density at radius 1 is 0.404 bits per heavy atom. The molecule has 0 amide bonds. The van der Waals surface area contributed by atoms with Crippen LogP contribution in [0.3, 0.4) is 0 Å². The minimum atomic E-state index is 0.0968. The van der Waals surface area contributed by atoms with Crippen molar-refractivity contribution in [3.05, 3.63) is 169 Å². The van der Waals surface area contributed by atoms with Gasteiger partial charge in [-0.15, -0.1) is 0 Å². The van der Waals surface area contributed by atoms with Crippen molar-refractivity contribution in [1.82, 2.24) is 4.57 Å². The number of para-hydroxylation sites is 5. The van der Waals surface area contributed by atoms with Gasteiger partial charge in [-0.1, -0.05) is 103 Å². The van der Waals surface area contributed by atoms with Gasteiger partial charge >= 0.3 is 0 Å². The number of benzene rings is 7. The topological polar surface area (TPSA) is 11.4 Å². The van der Waals surface area contributed by atoms with Crippen molar-refractivity contribution >= 4 is 79.0 Å². The zero-order valence-corrected chi connectivity index (χ0v) is 26.0. The number of fused-ring (bicyclic) bond motifs is 7. The quantitative estimate of drug-likeness (QED) is 0.188. The highest BCUT2D eigenvalue weighted by atomic mass is 15.2. The van der Waals surface area contributed by atoms with Crippen molar-refractivity contribution in [3.63, 3.8) is 0 Å². The van der Waals surface area contributed by atoms with Gasteiger partial charge in [0.25, 0.3) is 6.71 Å². The molecule has 47 heavy (non-hydrogen) atoms. The highest BCUT2D eigenvalue weighted by molar-refractivity contribution is 7.00. The summed E-state index contributed by atoms with van der Waals surface area (Å²) in [5, 5.41) is 2.55. The molecule has 4 heteroatoms. The lowest BCUT2D eigenvalue weighted by Gasteiger charge is -2.44. The predicted octanol–water partition coefficient (Wildman–Crippen LogP) is 9.17. The van der Waals surface area contributed by atoms with E-state index in [2.05, 4.69) is 185 Å². The molecule has 10 rings (SSSR count). The van der Waals surface area contributed by atoms with Gasteiger partial charge in [0.2, 0.25) is 0 Å². The first-order valence-electron chi connectivity index (χ1n) is 16.3. The van der Waals surface area contributed by atoms with Gasteiger partial charge in [0.05, 0.1) is 11.0 Å². The van der Waals surface area contributed by atoms with Crippen LogP contribution in [0.15, 0.2) is 164 Å². The monoisotopic (exact) mass is 599 g/mol. The second kappa shape index (κ2) is 10.0. The van der Waals surface area contributed by atoms with E-state index in [0.717, 1.165) is 5.69 Å². The molecule has 0 spiro atoms. The molecule has 0 aliphatic carbocycles. The largest absolute Gasteiger partial charge is 0.311 e. The lowest BCUT2D eigenvalue weighted by atomic mass is 9.33. The number of nitrogens with zero attached hydrogens (tertiary/aromatic N) is 3. The fourth-order valence-electron chi connectivity index (χ4n) is 8.24. The first-order valence-corrected chi connectivity index (χ1v) is 16.3. The van der Waals surface area contributed by atoms with Crippen molar-refractivity contribution < 1.29 is 0 Å². The molecule has 0 saturated carbocycles. The Bertz CT molecular complexity index is 2450. The molecule has 0 fully saturated rings. The molecule has 220 valence electrons. The van der Waals surface area contributed by atoms with Crippen molar-refractivity contribution in [3.8, 4) is 5.69 Å². The number of hydrogen-bond acceptors (Lipinski definition) is 2. The van der Waals surface area contributed by atoms with E-state index in [4.69, 9.17) is 0 Å². The molecule has 0 saturated heterocycles. The van der Waals surface area contributed by atoms with Gasteiger partial charge in [-0.3, -0.25) is 0 Å². The normalized spacial score (nSPS) is 13.1. The van der Waals surface area contributed by atoms with Crippen LogP contribution in [0.4, 0.5) is 34.1 Å². The van der Waals surface area contributed by atoms with Crippen molar-refractivity contribution in [2.24, 2.45) is 0 Å². The van der Waals surface area contributed by atoms with Crippen LogP contribution < -0.4 is 26.2 Å². The second-order valence-corrected chi connectivity index (χ2v) is 12.6. The fraction of sp³-hybridized carbons (Fsp3) is 0.0233. The molecule has 0 atom stereocenters. The lowest BCUT2D eigenvalue weighted by Crippen LogP contribution is -2.62. The van der Waals surface area contributed by atoms with Gasteiger partial charge in [0, 0.05) is 50.6 Å². The highest BCUT2D eigenvalue weighted by Crippen LogP contribution is 2.45. The molecule has 1 aromatic heterocycles. The Kier molecular flexibility index (Phi) is 5.59. The first-order chi connectivity index (χ1) is 23.3. The summed E-state index contributed by atoms with van der Waals surface area (Å²) in [4.78, 5) is 4.94. The van der Waals surface area contributed by atoms with E-state index >= 15 is 0 Å². The third-order valence-electron chi connectivity index (χ3n) is 10.1. The third-order valence-corrected chi connectivity index (χ3v) is 10.1. The first kappa shape index (κ1) is 26.2. The molecular weight excluding hydrogens is 569 g/mol. The molecule has 0 N–H and O–H groups in total. The predicted molar refractivity (Wildman–Crippen MR) is 200 cm³/mol.